The van der Waals surface area contributed by atoms with Gasteiger partial charge in [-0.2, -0.15) is 5.10 Å². The van der Waals surface area contributed by atoms with E-state index in [-0.39, 0.29) is 0 Å². The van der Waals surface area contributed by atoms with Gasteiger partial charge in [-0.05, 0) is 29.3 Å². The van der Waals surface area contributed by atoms with Crippen LogP contribution in [0.3, 0.4) is 0 Å². The van der Waals surface area contributed by atoms with Crippen LogP contribution >= 0.6 is 27.3 Å². The van der Waals surface area contributed by atoms with Crippen LogP contribution in [0.1, 0.15) is 36.2 Å². The first-order valence-corrected chi connectivity index (χ1v) is 7.65. The lowest BCUT2D eigenvalue weighted by Gasteiger charge is -2.10. The zero-order chi connectivity index (χ0) is 13.1. The van der Waals surface area contributed by atoms with E-state index in [9.17, 15) is 5.11 Å². The van der Waals surface area contributed by atoms with Gasteiger partial charge < -0.3 is 5.11 Å². The molecule has 0 fully saturated rings. The maximum Gasteiger partial charge on any atom is 0.0953 e. The Labute approximate surface area is 119 Å². The average molecular weight is 330 g/mol. The summed E-state index contributed by atoms with van der Waals surface area (Å²) in [5.41, 5.74) is 3.83. The second-order valence-corrected chi connectivity index (χ2v) is 5.71. The fraction of sp³-hybridized carbons (Fsp3) is 0.500. The molecule has 0 aromatic carbocycles. The van der Waals surface area contributed by atoms with Crippen LogP contribution < -0.4 is 0 Å². The van der Waals surface area contributed by atoms with Gasteiger partial charge in [-0.25, -0.2) is 0 Å². The second kappa shape index (κ2) is 5.95. The van der Waals surface area contributed by atoms with Crippen LogP contribution in [-0.4, -0.2) is 19.9 Å². The first kappa shape index (κ1) is 13.7. The molecule has 18 heavy (non-hydrogen) atoms. The highest BCUT2D eigenvalue weighted by atomic mass is 79.9. The maximum atomic E-state index is 10.2. The van der Waals surface area contributed by atoms with Crippen molar-refractivity contribution >= 4 is 27.3 Å². The Morgan fingerprint density at radius 2 is 2.28 bits per heavy atom. The quantitative estimate of drug-likeness (QED) is 0.917. The maximum absolute atomic E-state index is 10.2. The summed E-state index contributed by atoms with van der Waals surface area (Å²) in [6.45, 7) is 4.95. The first-order valence-electron chi connectivity index (χ1n) is 5.97. The summed E-state index contributed by atoms with van der Waals surface area (Å²) in [7, 11) is 0. The molecular weight excluding hydrogens is 314 g/mol. The number of aliphatic hydroxyl groups is 1. The highest BCUT2D eigenvalue weighted by Crippen LogP contribution is 2.28. The molecule has 2 aromatic rings. The van der Waals surface area contributed by atoms with Crippen molar-refractivity contribution in [2.45, 2.75) is 39.3 Å². The molecule has 98 valence electrons. The molecule has 2 rings (SSSR count). The molecule has 1 unspecified atom stereocenters. The van der Waals surface area contributed by atoms with E-state index in [1.165, 1.54) is 11.3 Å². The Morgan fingerprint density at radius 1 is 1.50 bits per heavy atom. The summed E-state index contributed by atoms with van der Waals surface area (Å²) in [4.78, 5) is 4.89. The lowest BCUT2D eigenvalue weighted by atomic mass is 10.1. The van der Waals surface area contributed by atoms with Gasteiger partial charge in [0.1, 0.15) is 0 Å². The minimum absolute atomic E-state index is 0.513. The molecule has 0 saturated carbocycles. The number of aromatic nitrogens is 3. The molecule has 0 spiro atoms. The Balaban J connectivity index is 2.25. The molecular formula is C12H16BrN3OS. The third-order valence-electron chi connectivity index (χ3n) is 2.86. The van der Waals surface area contributed by atoms with Crippen molar-refractivity contribution in [3.63, 3.8) is 0 Å². The van der Waals surface area contributed by atoms with Crippen LogP contribution in [0, 0.1) is 0 Å². The fourth-order valence-corrected chi connectivity index (χ4v) is 3.22. The van der Waals surface area contributed by atoms with Gasteiger partial charge in [0.15, 0.2) is 0 Å². The molecule has 6 heteroatoms. The van der Waals surface area contributed by atoms with Gasteiger partial charge in [0, 0.05) is 19.2 Å². The van der Waals surface area contributed by atoms with Crippen molar-refractivity contribution in [3.05, 3.63) is 32.4 Å². The van der Waals surface area contributed by atoms with Gasteiger partial charge in [0.25, 0.3) is 0 Å². The van der Waals surface area contributed by atoms with Crippen molar-refractivity contribution in [1.82, 2.24) is 14.8 Å². The largest absolute Gasteiger partial charge is 0.387 e. The van der Waals surface area contributed by atoms with E-state index in [2.05, 4.69) is 39.9 Å². The molecule has 1 N–H and O–H groups in total. The number of aliphatic hydroxyl groups excluding tert-OH is 1. The average Bonchev–Trinajstić information content (AvgIpc) is 2.99. The summed E-state index contributed by atoms with van der Waals surface area (Å²) in [6, 6.07) is 0. The van der Waals surface area contributed by atoms with Crippen molar-refractivity contribution in [1.29, 1.82) is 0 Å². The molecule has 0 aliphatic heterocycles. The smallest absolute Gasteiger partial charge is 0.0953 e. The first-order chi connectivity index (χ1) is 8.67. The summed E-state index contributed by atoms with van der Waals surface area (Å²) in [6.07, 6.45) is 2.65. The minimum Gasteiger partial charge on any atom is -0.387 e. The number of hydrogen-bond donors (Lipinski definition) is 1. The number of rotatable bonds is 5. The topological polar surface area (TPSA) is 50.9 Å². The van der Waals surface area contributed by atoms with Crippen molar-refractivity contribution in [3.8, 4) is 0 Å². The van der Waals surface area contributed by atoms with E-state index < -0.39 is 6.10 Å². The zero-order valence-electron chi connectivity index (χ0n) is 10.4. The molecule has 0 saturated heterocycles. The van der Waals surface area contributed by atoms with Crippen LogP contribution in [0.2, 0.25) is 0 Å². The Hall–Kier alpha value is -0.720. The predicted molar refractivity (Wildman–Crippen MR) is 75.8 cm³/mol. The van der Waals surface area contributed by atoms with Crippen LogP contribution in [0.4, 0.5) is 0 Å². The number of halogens is 1. The molecule has 0 aliphatic rings. The van der Waals surface area contributed by atoms with Gasteiger partial charge in [-0.1, -0.05) is 6.92 Å². The third kappa shape index (κ3) is 2.65. The van der Waals surface area contributed by atoms with E-state index >= 15 is 0 Å². The number of aryl methyl sites for hydroxylation is 2. The molecule has 0 bridgehead atoms. The summed E-state index contributed by atoms with van der Waals surface area (Å²) < 4.78 is 2.98. The Kier molecular flexibility index (Phi) is 4.53. The molecule has 2 aromatic heterocycles. The third-order valence-corrected chi connectivity index (χ3v) is 4.65. The molecule has 1 atom stereocenters. The highest BCUT2D eigenvalue weighted by Gasteiger charge is 2.18. The van der Waals surface area contributed by atoms with E-state index in [1.54, 1.807) is 11.7 Å². The van der Waals surface area contributed by atoms with Crippen LogP contribution in [0.15, 0.2) is 16.2 Å². The van der Waals surface area contributed by atoms with Crippen LogP contribution in [0.25, 0.3) is 0 Å². The zero-order valence-corrected chi connectivity index (χ0v) is 12.8. The number of hydrogen-bond acceptors (Lipinski definition) is 4. The van der Waals surface area contributed by atoms with E-state index in [0.717, 1.165) is 33.7 Å². The minimum atomic E-state index is -0.513. The summed E-state index contributed by atoms with van der Waals surface area (Å²) >= 11 is 5.06. The predicted octanol–water partition coefficient (Wildman–Crippen LogP) is 2.96. The molecule has 0 amide bonds. The normalized spacial score (nSPS) is 12.9. The molecule has 4 nitrogen and oxygen atoms in total. The van der Waals surface area contributed by atoms with Gasteiger partial charge in [0.2, 0.25) is 0 Å². The van der Waals surface area contributed by atoms with Gasteiger partial charge in [-0.15, -0.1) is 11.3 Å². The van der Waals surface area contributed by atoms with Gasteiger partial charge >= 0.3 is 0 Å². The highest BCUT2D eigenvalue weighted by molar-refractivity contribution is 9.10. The standard InChI is InChI=1S/C12H16BrN3OS/c1-3-8-12(13)9(16(4-2)15-8)5-10(17)11-6-14-7-18-11/h6-7,10,17H,3-5H2,1-2H3. The lowest BCUT2D eigenvalue weighted by Crippen LogP contribution is -2.08. The number of nitrogens with zero attached hydrogens (tertiary/aromatic N) is 3. The van der Waals surface area contributed by atoms with Crippen molar-refractivity contribution in [2.75, 3.05) is 0 Å². The molecule has 0 aliphatic carbocycles. The van der Waals surface area contributed by atoms with Crippen molar-refractivity contribution < 1.29 is 5.11 Å². The van der Waals surface area contributed by atoms with Crippen LogP contribution in [-0.2, 0) is 19.4 Å². The summed E-state index contributed by atoms with van der Waals surface area (Å²) in [5, 5.41) is 14.7. The second-order valence-electron chi connectivity index (χ2n) is 4.00. The fourth-order valence-electron chi connectivity index (χ4n) is 1.89. The Bertz CT molecular complexity index is 510. The van der Waals surface area contributed by atoms with E-state index in [4.69, 9.17) is 0 Å². The SMILES string of the molecule is CCc1nn(CC)c(CC(O)c2cncs2)c1Br. The summed E-state index contributed by atoms with van der Waals surface area (Å²) in [5.74, 6) is 0. The monoisotopic (exact) mass is 329 g/mol. The lowest BCUT2D eigenvalue weighted by molar-refractivity contribution is 0.179. The molecule has 0 radical (unpaired) electrons. The van der Waals surface area contributed by atoms with Gasteiger partial charge in [0.05, 0.1) is 32.4 Å². The van der Waals surface area contributed by atoms with Crippen LogP contribution in [0.5, 0.6) is 0 Å². The van der Waals surface area contributed by atoms with Crippen molar-refractivity contribution in [2.24, 2.45) is 0 Å². The van der Waals surface area contributed by atoms with E-state index in [1.807, 2.05) is 4.68 Å². The van der Waals surface area contributed by atoms with E-state index in [0.29, 0.717) is 6.42 Å². The Morgan fingerprint density at radius 3 is 2.83 bits per heavy atom. The number of thiazole rings is 1. The molecule has 2 heterocycles. The van der Waals surface area contributed by atoms with Gasteiger partial charge in [-0.3, -0.25) is 9.67 Å².